The Labute approximate surface area is 197 Å². The second-order valence-corrected chi connectivity index (χ2v) is 10.5. The minimum absolute atomic E-state index is 0.134. The number of carbonyl (C=O) groups excluding carboxylic acids is 2. The molecule has 2 aromatic heterocycles. The summed E-state index contributed by atoms with van der Waals surface area (Å²) in [6, 6.07) is 24.1. The third-order valence-electron chi connectivity index (χ3n) is 6.02. The number of amides is 1. The highest BCUT2D eigenvalue weighted by Gasteiger charge is 2.25. The van der Waals surface area contributed by atoms with Crippen molar-refractivity contribution >= 4 is 38.4 Å². The summed E-state index contributed by atoms with van der Waals surface area (Å²) in [4.78, 5) is 28.2. The lowest BCUT2D eigenvalue weighted by molar-refractivity contribution is -0.112. The third-order valence-corrected chi connectivity index (χ3v) is 7.63. The third kappa shape index (κ3) is 4.32. The van der Waals surface area contributed by atoms with Gasteiger partial charge in [-0.3, -0.25) is 9.59 Å². The van der Waals surface area contributed by atoms with Crippen LogP contribution < -0.4 is 10.2 Å². The van der Waals surface area contributed by atoms with Crippen LogP contribution in [0.5, 0.6) is 0 Å². The first kappa shape index (κ1) is 21.9. The summed E-state index contributed by atoms with van der Waals surface area (Å²) in [5.74, 6) is -1.09. The molecule has 4 aromatic rings. The molecule has 0 unspecified atom stereocenters. The molecular formula is C26H23N3O4S. The van der Waals surface area contributed by atoms with Gasteiger partial charge in [0.15, 0.2) is 9.84 Å². The van der Waals surface area contributed by atoms with Gasteiger partial charge in [0.25, 0.3) is 11.7 Å². The van der Waals surface area contributed by atoms with Gasteiger partial charge in [0.2, 0.25) is 0 Å². The lowest BCUT2D eigenvalue weighted by Gasteiger charge is -2.28. The molecule has 1 aliphatic rings. The first-order chi connectivity index (χ1) is 16.4. The zero-order chi connectivity index (χ0) is 23.7. The van der Waals surface area contributed by atoms with Crippen LogP contribution in [0.25, 0.3) is 16.6 Å². The Bertz CT molecular complexity index is 1460. The van der Waals surface area contributed by atoms with Crippen molar-refractivity contribution in [1.82, 2.24) is 4.40 Å². The number of hydrogen-bond donors (Lipinski definition) is 1. The van der Waals surface area contributed by atoms with Gasteiger partial charge in [-0.2, -0.15) is 0 Å². The van der Waals surface area contributed by atoms with Gasteiger partial charge in [-0.25, -0.2) is 8.42 Å². The number of fused-ring (bicyclic) bond motifs is 1. The van der Waals surface area contributed by atoms with Gasteiger partial charge in [-0.05, 0) is 48.0 Å². The highest BCUT2D eigenvalue weighted by Crippen LogP contribution is 2.28. The molecule has 0 aliphatic carbocycles. The monoisotopic (exact) mass is 473 g/mol. The van der Waals surface area contributed by atoms with Crippen molar-refractivity contribution in [2.24, 2.45) is 0 Å². The molecule has 1 fully saturated rings. The molecule has 0 bridgehead atoms. The highest BCUT2D eigenvalue weighted by atomic mass is 32.2. The van der Waals surface area contributed by atoms with E-state index in [4.69, 9.17) is 0 Å². The smallest absolute Gasteiger partial charge is 0.298 e. The van der Waals surface area contributed by atoms with Crippen LogP contribution in [0.2, 0.25) is 0 Å². The topological polar surface area (TPSA) is 88.0 Å². The van der Waals surface area contributed by atoms with E-state index in [1.807, 2.05) is 71.6 Å². The van der Waals surface area contributed by atoms with Gasteiger partial charge in [-0.15, -0.1) is 0 Å². The molecule has 8 heteroatoms. The minimum Gasteiger partial charge on any atom is -0.369 e. The molecule has 172 valence electrons. The largest absolute Gasteiger partial charge is 0.369 e. The zero-order valence-corrected chi connectivity index (χ0v) is 19.2. The summed E-state index contributed by atoms with van der Waals surface area (Å²) in [5.41, 5.74) is 4.06. The van der Waals surface area contributed by atoms with Gasteiger partial charge in [-0.1, -0.05) is 36.4 Å². The molecule has 1 saturated heterocycles. The predicted octanol–water partition coefficient (Wildman–Crippen LogP) is 3.66. The molecular weight excluding hydrogens is 450 g/mol. The lowest BCUT2D eigenvalue weighted by atomic mass is 10.0. The minimum atomic E-state index is -2.96. The number of hydrogen-bond acceptors (Lipinski definition) is 5. The molecule has 5 rings (SSSR count). The van der Waals surface area contributed by atoms with E-state index in [1.54, 1.807) is 22.7 Å². The quantitative estimate of drug-likeness (QED) is 0.353. The van der Waals surface area contributed by atoms with E-state index in [0.29, 0.717) is 30.0 Å². The zero-order valence-electron chi connectivity index (χ0n) is 18.3. The summed E-state index contributed by atoms with van der Waals surface area (Å²) in [6.45, 7) is 0.881. The molecule has 0 spiro atoms. The molecule has 34 heavy (non-hydrogen) atoms. The molecule has 7 nitrogen and oxygen atoms in total. The van der Waals surface area contributed by atoms with Crippen LogP contribution in [0.15, 0.2) is 85.1 Å². The van der Waals surface area contributed by atoms with Crippen LogP contribution in [0.4, 0.5) is 11.4 Å². The molecule has 1 N–H and O–H groups in total. The Morgan fingerprint density at radius 3 is 2.21 bits per heavy atom. The number of sulfone groups is 1. The van der Waals surface area contributed by atoms with Crippen LogP contribution in [-0.2, 0) is 14.6 Å². The fourth-order valence-electron chi connectivity index (χ4n) is 4.21. The Kier molecular flexibility index (Phi) is 5.67. The number of aromatic nitrogens is 1. The van der Waals surface area contributed by atoms with Crippen LogP contribution in [0, 0.1) is 0 Å². The number of rotatable bonds is 5. The van der Waals surface area contributed by atoms with Crippen molar-refractivity contribution in [2.45, 2.75) is 0 Å². The summed E-state index contributed by atoms with van der Waals surface area (Å²) in [6.07, 6.45) is 1.77. The van der Waals surface area contributed by atoms with Crippen molar-refractivity contribution in [3.05, 3.63) is 90.8 Å². The van der Waals surface area contributed by atoms with Gasteiger partial charge >= 0.3 is 0 Å². The summed E-state index contributed by atoms with van der Waals surface area (Å²) in [7, 11) is -2.96. The van der Waals surface area contributed by atoms with Crippen molar-refractivity contribution in [2.75, 3.05) is 34.8 Å². The van der Waals surface area contributed by atoms with Crippen molar-refractivity contribution in [1.29, 1.82) is 0 Å². The number of anilines is 2. The van der Waals surface area contributed by atoms with Crippen LogP contribution in [-0.4, -0.2) is 49.1 Å². The number of Topliss-reactive ketones (excluding diaryl/α,β-unsaturated/α-hetero) is 1. The van der Waals surface area contributed by atoms with Crippen molar-refractivity contribution in [3.8, 4) is 11.1 Å². The summed E-state index contributed by atoms with van der Waals surface area (Å²) < 4.78 is 25.0. The standard InChI is InChI=1S/C26H23N3O4S/c30-25(24-23(19-6-2-1-3-7-19)18-22-8-4-5-13-29(22)24)26(31)27-20-9-11-21(12-10-20)28-14-16-34(32,33)17-15-28/h1-13,18H,14-17H2,(H,27,31). The number of ketones is 1. The van der Waals surface area contributed by atoms with Crippen LogP contribution in [0.1, 0.15) is 10.5 Å². The average molecular weight is 474 g/mol. The molecule has 1 aliphatic heterocycles. The first-order valence-electron chi connectivity index (χ1n) is 11.0. The number of nitrogens with one attached hydrogen (secondary N) is 1. The average Bonchev–Trinajstić information content (AvgIpc) is 3.24. The van der Waals surface area contributed by atoms with E-state index in [0.717, 1.165) is 16.8 Å². The summed E-state index contributed by atoms with van der Waals surface area (Å²) in [5, 5.41) is 2.70. The normalized spacial score (nSPS) is 15.2. The maximum absolute atomic E-state index is 13.3. The molecule has 1 amide bonds. The van der Waals surface area contributed by atoms with Crippen molar-refractivity contribution in [3.63, 3.8) is 0 Å². The molecule has 3 heterocycles. The Balaban J connectivity index is 1.38. The second kappa shape index (κ2) is 8.79. The number of carbonyl (C=O) groups is 2. The van der Waals surface area contributed by atoms with E-state index in [9.17, 15) is 18.0 Å². The van der Waals surface area contributed by atoms with Crippen LogP contribution >= 0.6 is 0 Å². The van der Waals surface area contributed by atoms with Gasteiger partial charge in [0.1, 0.15) is 5.69 Å². The summed E-state index contributed by atoms with van der Waals surface area (Å²) >= 11 is 0. The van der Waals surface area contributed by atoms with Crippen molar-refractivity contribution < 1.29 is 18.0 Å². The second-order valence-electron chi connectivity index (χ2n) is 8.24. The molecule has 2 aromatic carbocycles. The van der Waals surface area contributed by atoms with E-state index < -0.39 is 21.5 Å². The number of benzene rings is 2. The lowest BCUT2D eigenvalue weighted by Crippen LogP contribution is -2.40. The Hall–Kier alpha value is -3.91. The fraction of sp³-hybridized carbons (Fsp3) is 0.154. The SMILES string of the molecule is O=C(Nc1ccc(N2CCS(=O)(=O)CC2)cc1)C(=O)c1c(-c2ccccc2)cc2ccccn12. The number of nitrogens with zero attached hydrogens (tertiary/aromatic N) is 2. The maximum atomic E-state index is 13.3. The van der Waals surface area contributed by atoms with Gasteiger partial charge in [0, 0.05) is 41.7 Å². The predicted molar refractivity (Wildman–Crippen MR) is 133 cm³/mol. The van der Waals surface area contributed by atoms with Gasteiger partial charge < -0.3 is 14.6 Å². The van der Waals surface area contributed by atoms with E-state index in [1.165, 1.54) is 0 Å². The van der Waals surface area contributed by atoms with E-state index in [2.05, 4.69) is 5.32 Å². The number of pyridine rings is 1. The Morgan fingerprint density at radius 2 is 1.50 bits per heavy atom. The van der Waals surface area contributed by atoms with Gasteiger partial charge in [0.05, 0.1) is 11.5 Å². The molecule has 0 saturated carbocycles. The molecule has 0 radical (unpaired) electrons. The van der Waals surface area contributed by atoms with E-state index in [-0.39, 0.29) is 11.5 Å². The first-order valence-corrected chi connectivity index (χ1v) is 12.8. The van der Waals surface area contributed by atoms with Crippen LogP contribution in [0.3, 0.4) is 0 Å². The maximum Gasteiger partial charge on any atom is 0.298 e. The molecule has 0 atom stereocenters. The fourth-order valence-corrected chi connectivity index (χ4v) is 5.42. The Morgan fingerprint density at radius 1 is 0.824 bits per heavy atom. The van der Waals surface area contributed by atoms with E-state index >= 15 is 0 Å². The highest BCUT2D eigenvalue weighted by molar-refractivity contribution is 7.91.